The molecule has 150 valence electrons. The lowest BCUT2D eigenvalue weighted by Crippen LogP contribution is -2.29. The minimum atomic E-state index is -0.248. The number of carbonyl (C=O) groups is 1. The number of benzene rings is 2. The van der Waals surface area contributed by atoms with Crippen LogP contribution in [-0.2, 0) is 0 Å². The molecule has 1 amide bonds. The Bertz CT molecular complexity index is 829. The third-order valence-corrected chi connectivity index (χ3v) is 5.22. The Balaban J connectivity index is 1.78. The van der Waals surface area contributed by atoms with Gasteiger partial charge in [0, 0.05) is 41.6 Å². The number of hydrogen-bond acceptors (Lipinski definition) is 4. The van der Waals surface area contributed by atoms with Crippen molar-refractivity contribution in [2.45, 2.75) is 26.2 Å². The number of anilines is 2. The summed E-state index contributed by atoms with van der Waals surface area (Å²) in [6, 6.07) is 9.00. The molecule has 0 aliphatic carbocycles. The fraction of sp³-hybridized carbons (Fsp3) is 0.381. The topological polar surface area (TPSA) is 67.6 Å². The van der Waals surface area contributed by atoms with Gasteiger partial charge in [-0.1, -0.05) is 23.2 Å². The van der Waals surface area contributed by atoms with E-state index in [4.69, 9.17) is 33.7 Å². The number of ether oxygens (including phenoxy) is 1. The molecule has 0 bridgehead atoms. The summed E-state index contributed by atoms with van der Waals surface area (Å²) in [6.07, 6.45) is 3.60. The zero-order valence-electron chi connectivity index (χ0n) is 15.9. The van der Waals surface area contributed by atoms with Crippen molar-refractivity contribution in [2.24, 2.45) is 5.73 Å². The van der Waals surface area contributed by atoms with E-state index in [-0.39, 0.29) is 5.91 Å². The minimum absolute atomic E-state index is 0.248. The van der Waals surface area contributed by atoms with Gasteiger partial charge in [-0.2, -0.15) is 0 Å². The highest BCUT2D eigenvalue weighted by atomic mass is 35.5. The number of nitrogens with one attached hydrogen (secondary N) is 1. The average molecular weight is 422 g/mol. The molecule has 0 saturated carbocycles. The van der Waals surface area contributed by atoms with Crippen LogP contribution in [0.4, 0.5) is 11.4 Å². The lowest BCUT2D eigenvalue weighted by atomic mass is 10.1. The van der Waals surface area contributed by atoms with E-state index in [9.17, 15) is 4.79 Å². The molecule has 7 heteroatoms. The summed E-state index contributed by atoms with van der Waals surface area (Å²) < 4.78 is 5.56. The zero-order chi connectivity index (χ0) is 20.1. The Labute approximate surface area is 175 Å². The molecule has 2 aromatic rings. The standard InChI is InChI=1S/C21H25Cl2N3O2/c1-14-9-15(10-19(23)20(14)28-8-5-24)21(27)25-17-11-16(22)12-18(13-17)26-6-3-2-4-7-26/h9-13H,2-8,24H2,1H3,(H,25,27). The molecule has 0 radical (unpaired) electrons. The van der Waals surface area contributed by atoms with Crippen molar-refractivity contribution >= 4 is 40.5 Å². The number of piperidine rings is 1. The van der Waals surface area contributed by atoms with Crippen molar-refractivity contribution in [3.63, 3.8) is 0 Å². The van der Waals surface area contributed by atoms with Gasteiger partial charge in [-0.25, -0.2) is 0 Å². The Morgan fingerprint density at radius 1 is 1.14 bits per heavy atom. The van der Waals surface area contributed by atoms with Gasteiger partial charge in [-0.3, -0.25) is 4.79 Å². The fourth-order valence-electron chi connectivity index (χ4n) is 3.39. The highest BCUT2D eigenvalue weighted by Gasteiger charge is 2.16. The molecule has 0 spiro atoms. The number of nitrogens with zero attached hydrogens (tertiary/aromatic N) is 1. The summed E-state index contributed by atoms with van der Waals surface area (Å²) >= 11 is 12.6. The Kier molecular flexibility index (Phi) is 7.05. The molecule has 5 nitrogen and oxygen atoms in total. The van der Waals surface area contributed by atoms with E-state index in [0.717, 1.165) is 24.3 Å². The number of rotatable bonds is 6. The van der Waals surface area contributed by atoms with E-state index in [1.54, 1.807) is 18.2 Å². The Morgan fingerprint density at radius 2 is 1.89 bits per heavy atom. The Hall–Kier alpha value is -1.95. The quantitative estimate of drug-likeness (QED) is 0.696. The maximum atomic E-state index is 12.8. The van der Waals surface area contributed by atoms with Crippen LogP contribution in [0.2, 0.25) is 10.0 Å². The second-order valence-corrected chi connectivity index (χ2v) is 7.78. The molecule has 0 unspecified atom stereocenters. The van der Waals surface area contributed by atoms with E-state index in [1.165, 1.54) is 19.3 Å². The molecule has 1 saturated heterocycles. The largest absolute Gasteiger partial charge is 0.490 e. The van der Waals surface area contributed by atoms with Crippen molar-refractivity contribution in [1.29, 1.82) is 0 Å². The van der Waals surface area contributed by atoms with Gasteiger partial charge in [-0.15, -0.1) is 0 Å². The van der Waals surface area contributed by atoms with Crippen LogP contribution in [0.15, 0.2) is 30.3 Å². The number of carbonyl (C=O) groups excluding carboxylic acids is 1. The van der Waals surface area contributed by atoms with Crippen molar-refractivity contribution in [3.05, 3.63) is 51.5 Å². The lowest BCUT2D eigenvalue weighted by Gasteiger charge is -2.29. The van der Waals surface area contributed by atoms with Gasteiger partial charge >= 0.3 is 0 Å². The normalized spacial score (nSPS) is 14.1. The summed E-state index contributed by atoms with van der Waals surface area (Å²) in [7, 11) is 0. The second kappa shape index (κ2) is 9.50. The molecule has 1 fully saturated rings. The number of aryl methyl sites for hydroxylation is 1. The first-order chi connectivity index (χ1) is 13.5. The van der Waals surface area contributed by atoms with E-state index >= 15 is 0 Å². The molecular weight excluding hydrogens is 397 g/mol. The van der Waals surface area contributed by atoms with Gasteiger partial charge in [0.2, 0.25) is 0 Å². The lowest BCUT2D eigenvalue weighted by molar-refractivity contribution is 0.102. The number of halogens is 2. The SMILES string of the molecule is Cc1cc(C(=O)Nc2cc(Cl)cc(N3CCCCC3)c2)cc(Cl)c1OCCN. The molecule has 1 heterocycles. The van der Waals surface area contributed by atoms with Crippen molar-refractivity contribution in [1.82, 2.24) is 0 Å². The van der Waals surface area contributed by atoms with Gasteiger partial charge in [-0.05, 0) is 62.1 Å². The molecule has 1 aliphatic heterocycles. The van der Waals surface area contributed by atoms with E-state index in [0.29, 0.717) is 40.2 Å². The van der Waals surface area contributed by atoms with Gasteiger partial charge in [0.15, 0.2) is 0 Å². The molecule has 3 N–H and O–H groups in total. The predicted octanol–water partition coefficient (Wildman–Crippen LogP) is 4.88. The maximum absolute atomic E-state index is 12.8. The molecular formula is C21H25Cl2N3O2. The number of amides is 1. The minimum Gasteiger partial charge on any atom is -0.490 e. The predicted molar refractivity (Wildman–Crippen MR) is 116 cm³/mol. The summed E-state index contributed by atoms with van der Waals surface area (Å²) in [5.41, 5.74) is 8.41. The fourth-order valence-corrected chi connectivity index (χ4v) is 3.94. The molecule has 0 aromatic heterocycles. The summed E-state index contributed by atoms with van der Waals surface area (Å²) in [4.78, 5) is 15.1. The first kappa shape index (κ1) is 20.8. The summed E-state index contributed by atoms with van der Waals surface area (Å²) in [5.74, 6) is 0.307. The van der Waals surface area contributed by atoms with Crippen LogP contribution in [0.5, 0.6) is 5.75 Å². The van der Waals surface area contributed by atoms with Crippen LogP contribution < -0.4 is 20.7 Å². The van der Waals surface area contributed by atoms with E-state index in [1.807, 2.05) is 19.1 Å². The third kappa shape index (κ3) is 5.10. The van der Waals surface area contributed by atoms with Gasteiger partial charge in [0.05, 0.1) is 5.02 Å². The van der Waals surface area contributed by atoms with Crippen molar-refractivity contribution < 1.29 is 9.53 Å². The van der Waals surface area contributed by atoms with Gasteiger partial charge in [0.25, 0.3) is 5.91 Å². The van der Waals surface area contributed by atoms with Crippen LogP contribution >= 0.6 is 23.2 Å². The van der Waals surface area contributed by atoms with Crippen LogP contribution in [-0.4, -0.2) is 32.1 Å². The summed E-state index contributed by atoms with van der Waals surface area (Å²) in [5, 5.41) is 3.91. The monoisotopic (exact) mass is 421 g/mol. The van der Waals surface area contributed by atoms with E-state index < -0.39 is 0 Å². The summed E-state index contributed by atoms with van der Waals surface area (Å²) in [6.45, 7) is 4.63. The van der Waals surface area contributed by atoms with Crippen molar-refractivity contribution in [2.75, 3.05) is 36.5 Å². The Morgan fingerprint density at radius 3 is 2.57 bits per heavy atom. The van der Waals surface area contributed by atoms with Crippen LogP contribution in [0.25, 0.3) is 0 Å². The average Bonchev–Trinajstić information content (AvgIpc) is 2.67. The van der Waals surface area contributed by atoms with E-state index in [2.05, 4.69) is 10.2 Å². The van der Waals surface area contributed by atoms with Crippen LogP contribution in [0.3, 0.4) is 0 Å². The van der Waals surface area contributed by atoms with Crippen LogP contribution in [0.1, 0.15) is 35.2 Å². The van der Waals surface area contributed by atoms with Gasteiger partial charge < -0.3 is 20.7 Å². The zero-order valence-corrected chi connectivity index (χ0v) is 17.4. The van der Waals surface area contributed by atoms with Crippen LogP contribution in [0, 0.1) is 6.92 Å². The van der Waals surface area contributed by atoms with Crippen molar-refractivity contribution in [3.8, 4) is 5.75 Å². The molecule has 0 atom stereocenters. The van der Waals surface area contributed by atoms with Gasteiger partial charge in [0.1, 0.15) is 12.4 Å². The molecule has 1 aliphatic rings. The second-order valence-electron chi connectivity index (χ2n) is 6.94. The number of nitrogens with two attached hydrogens (primary N) is 1. The molecule has 2 aromatic carbocycles. The first-order valence-electron chi connectivity index (χ1n) is 9.48. The number of hydrogen-bond donors (Lipinski definition) is 2. The highest BCUT2D eigenvalue weighted by molar-refractivity contribution is 6.33. The molecule has 3 rings (SSSR count). The smallest absolute Gasteiger partial charge is 0.255 e. The maximum Gasteiger partial charge on any atom is 0.255 e. The highest BCUT2D eigenvalue weighted by Crippen LogP contribution is 2.31. The third-order valence-electron chi connectivity index (χ3n) is 4.72. The first-order valence-corrected chi connectivity index (χ1v) is 10.2. The molecule has 28 heavy (non-hydrogen) atoms.